The molecule has 4 nitrogen and oxygen atoms in total. The molecule has 0 saturated carbocycles. The number of aryl methyl sites for hydroxylation is 1. The normalized spacial score (nSPS) is 19.1. The summed E-state index contributed by atoms with van der Waals surface area (Å²) < 4.78 is 5.18. The fraction of sp³-hybridized carbons (Fsp3) is 0.417. The van der Waals surface area contributed by atoms with Crippen molar-refractivity contribution in [2.24, 2.45) is 0 Å². The standard InChI is InChI=1S/C12H15ClN2O2/c1-8-2-3-9(6-11(8)13)14-12(16)15-10-4-5-17-7-10/h2-3,6,10H,4-5,7H2,1H3,(H2,14,15,16). The average molecular weight is 255 g/mol. The summed E-state index contributed by atoms with van der Waals surface area (Å²) in [5.74, 6) is 0. The number of carbonyl (C=O) groups is 1. The van der Waals surface area contributed by atoms with E-state index in [9.17, 15) is 4.79 Å². The van der Waals surface area contributed by atoms with E-state index < -0.39 is 0 Å². The number of hydrogen-bond donors (Lipinski definition) is 2. The number of benzene rings is 1. The second-order valence-corrected chi connectivity index (χ2v) is 4.53. The molecule has 1 atom stereocenters. The van der Waals surface area contributed by atoms with Crippen LogP contribution < -0.4 is 10.6 Å². The molecular formula is C12H15ClN2O2. The van der Waals surface area contributed by atoms with Crippen molar-refractivity contribution < 1.29 is 9.53 Å². The molecule has 0 aliphatic carbocycles. The van der Waals surface area contributed by atoms with E-state index in [0.717, 1.165) is 12.0 Å². The highest BCUT2D eigenvalue weighted by Crippen LogP contribution is 2.19. The lowest BCUT2D eigenvalue weighted by molar-refractivity contribution is 0.189. The van der Waals surface area contributed by atoms with Crippen LogP contribution in [0.1, 0.15) is 12.0 Å². The fourth-order valence-electron chi connectivity index (χ4n) is 1.67. The predicted molar refractivity (Wildman–Crippen MR) is 67.6 cm³/mol. The van der Waals surface area contributed by atoms with Crippen LogP contribution in [0, 0.1) is 6.92 Å². The molecule has 1 fully saturated rings. The molecule has 2 amide bonds. The molecule has 0 radical (unpaired) electrons. The molecule has 1 unspecified atom stereocenters. The van der Waals surface area contributed by atoms with E-state index in [1.807, 2.05) is 19.1 Å². The molecule has 1 aromatic rings. The Bertz CT molecular complexity index is 417. The van der Waals surface area contributed by atoms with E-state index in [4.69, 9.17) is 16.3 Å². The van der Waals surface area contributed by atoms with E-state index >= 15 is 0 Å². The van der Waals surface area contributed by atoms with Crippen LogP contribution in [0.4, 0.5) is 10.5 Å². The van der Waals surface area contributed by atoms with Crippen LogP contribution in [0.25, 0.3) is 0 Å². The second-order valence-electron chi connectivity index (χ2n) is 4.12. The first kappa shape index (κ1) is 12.2. The summed E-state index contributed by atoms with van der Waals surface area (Å²) >= 11 is 5.98. The number of rotatable bonds is 2. The van der Waals surface area contributed by atoms with E-state index in [2.05, 4.69) is 10.6 Å². The van der Waals surface area contributed by atoms with Crippen LogP contribution in [0.15, 0.2) is 18.2 Å². The molecule has 2 rings (SSSR count). The Morgan fingerprint density at radius 2 is 2.35 bits per heavy atom. The predicted octanol–water partition coefficient (Wildman–Crippen LogP) is 2.56. The van der Waals surface area contributed by atoms with Gasteiger partial charge in [-0.1, -0.05) is 17.7 Å². The SMILES string of the molecule is Cc1ccc(NC(=O)NC2CCOC2)cc1Cl. The molecule has 0 aromatic heterocycles. The van der Waals surface area contributed by atoms with Crippen molar-refractivity contribution in [2.45, 2.75) is 19.4 Å². The van der Waals surface area contributed by atoms with E-state index in [0.29, 0.717) is 23.9 Å². The van der Waals surface area contributed by atoms with Gasteiger partial charge in [0.2, 0.25) is 0 Å². The maximum Gasteiger partial charge on any atom is 0.319 e. The topological polar surface area (TPSA) is 50.4 Å². The molecule has 17 heavy (non-hydrogen) atoms. The maximum atomic E-state index is 11.6. The lowest BCUT2D eigenvalue weighted by atomic mass is 10.2. The zero-order valence-corrected chi connectivity index (χ0v) is 10.4. The fourth-order valence-corrected chi connectivity index (χ4v) is 1.85. The summed E-state index contributed by atoms with van der Waals surface area (Å²) in [6.07, 6.45) is 0.863. The van der Waals surface area contributed by atoms with Crippen LogP contribution >= 0.6 is 11.6 Å². The van der Waals surface area contributed by atoms with Crippen molar-refractivity contribution in [3.05, 3.63) is 28.8 Å². The number of hydrogen-bond acceptors (Lipinski definition) is 2. The first-order valence-electron chi connectivity index (χ1n) is 5.56. The Morgan fingerprint density at radius 3 is 3.00 bits per heavy atom. The molecule has 1 saturated heterocycles. The zero-order valence-electron chi connectivity index (χ0n) is 9.63. The van der Waals surface area contributed by atoms with Gasteiger partial charge in [0.25, 0.3) is 0 Å². The molecular weight excluding hydrogens is 240 g/mol. The quantitative estimate of drug-likeness (QED) is 0.852. The van der Waals surface area contributed by atoms with Crippen molar-refractivity contribution in [3.63, 3.8) is 0 Å². The Labute approximate surface area is 105 Å². The third-order valence-electron chi connectivity index (χ3n) is 2.69. The molecule has 1 aliphatic rings. The van der Waals surface area contributed by atoms with Crippen LogP contribution in [0.2, 0.25) is 5.02 Å². The summed E-state index contributed by atoms with van der Waals surface area (Å²) in [5.41, 5.74) is 1.68. The molecule has 1 aliphatic heterocycles. The number of ether oxygens (including phenoxy) is 1. The number of carbonyl (C=O) groups excluding carboxylic acids is 1. The highest BCUT2D eigenvalue weighted by molar-refractivity contribution is 6.31. The lowest BCUT2D eigenvalue weighted by Gasteiger charge is -2.12. The van der Waals surface area contributed by atoms with Crippen molar-refractivity contribution >= 4 is 23.3 Å². The number of amides is 2. The minimum absolute atomic E-state index is 0.107. The Balaban J connectivity index is 1.90. The minimum Gasteiger partial charge on any atom is -0.379 e. The largest absolute Gasteiger partial charge is 0.379 e. The minimum atomic E-state index is -0.222. The molecule has 92 valence electrons. The summed E-state index contributed by atoms with van der Waals surface area (Å²) in [5, 5.41) is 6.24. The number of urea groups is 1. The highest BCUT2D eigenvalue weighted by Gasteiger charge is 2.17. The maximum absolute atomic E-state index is 11.6. The Morgan fingerprint density at radius 1 is 1.53 bits per heavy atom. The third-order valence-corrected chi connectivity index (χ3v) is 3.10. The van der Waals surface area contributed by atoms with Gasteiger partial charge in [-0.05, 0) is 31.0 Å². The van der Waals surface area contributed by atoms with Gasteiger partial charge in [0.1, 0.15) is 0 Å². The van der Waals surface area contributed by atoms with Crippen molar-refractivity contribution in [2.75, 3.05) is 18.5 Å². The Hall–Kier alpha value is -1.26. The van der Waals surface area contributed by atoms with Gasteiger partial charge in [0, 0.05) is 17.3 Å². The monoisotopic (exact) mass is 254 g/mol. The van der Waals surface area contributed by atoms with Crippen molar-refractivity contribution in [3.8, 4) is 0 Å². The van der Waals surface area contributed by atoms with Gasteiger partial charge in [-0.2, -0.15) is 0 Å². The smallest absolute Gasteiger partial charge is 0.319 e. The van der Waals surface area contributed by atoms with Gasteiger partial charge >= 0.3 is 6.03 Å². The first-order valence-corrected chi connectivity index (χ1v) is 5.94. The van der Waals surface area contributed by atoms with Gasteiger partial charge in [-0.15, -0.1) is 0 Å². The summed E-state index contributed by atoms with van der Waals surface area (Å²) in [6, 6.07) is 5.32. The van der Waals surface area contributed by atoms with E-state index in [1.54, 1.807) is 6.07 Å². The van der Waals surface area contributed by atoms with Gasteiger partial charge in [0.15, 0.2) is 0 Å². The Kier molecular flexibility index (Phi) is 3.86. The van der Waals surface area contributed by atoms with Crippen molar-refractivity contribution in [1.29, 1.82) is 0 Å². The summed E-state index contributed by atoms with van der Waals surface area (Å²) in [7, 11) is 0. The average Bonchev–Trinajstić information content (AvgIpc) is 2.76. The third kappa shape index (κ3) is 3.35. The van der Waals surface area contributed by atoms with Gasteiger partial charge < -0.3 is 15.4 Å². The number of halogens is 1. The van der Waals surface area contributed by atoms with E-state index in [1.165, 1.54) is 0 Å². The van der Waals surface area contributed by atoms with Crippen molar-refractivity contribution in [1.82, 2.24) is 5.32 Å². The highest BCUT2D eigenvalue weighted by atomic mass is 35.5. The van der Waals surface area contributed by atoms with Crippen LogP contribution in [0.5, 0.6) is 0 Å². The van der Waals surface area contributed by atoms with Crippen LogP contribution in [0.3, 0.4) is 0 Å². The molecule has 1 heterocycles. The van der Waals surface area contributed by atoms with Crippen LogP contribution in [-0.2, 0) is 4.74 Å². The second kappa shape index (κ2) is 5.38. The first-order chi connectivity index (χ1) is 8.15. The molecule has 0 bridgehead atoms. The molecule has 1 aromatic carbocycles. The molecule has 5 heteroatoms. The summed E-state index contributed by atoms with van der Waals surface area (Å²) in [6.45, 7) is 3.21. The van der Waals surface area contributed by atoms with Gasteiger partial charge in [-0.25, -0.2) is 4.79 Å². The summed E-state index contributed by atoms with van der Waals surface area (Å²) in [4.78, 5) is 11.6. The molecule has 0 spiro atoms. The number of nitrogens with one attached hydrogen (secondary N) is 2. The lowest BCUT2D eigenvalue weighted by Crippen LogP contribution is -2.38. The van der Waals surface area contributed by atoms with Crippen LogP contribution in [-0.4, -0.2) is 25.3 Å². The molecule has 2 N–H and O–H groups in total. The van der Waals surface area contributed by atoms with Gasteiger partial charge in [-0.3, -0.25) is 0 Å². The van der Waals surface area contributed by atoms with Gasteiger partial charge in [0.05, 0.1) is 12.6 Å². The van der Waals surface area contributed by atoms with E-state index in [-0.39, 0.29) is 12.1 Å². The zero-order chi connectivity index (χ0) is 12.3. The number of anilines is 1.